The molecule has 1 N–H and O–H groups in total. The number of nitrogens with one attached hydrogen (secondary N) is 1. The van der Waals surface area contributed by atoms with E-state index in [-0.39, 0.29) is 18.5 Å². The average molecular weight is 350 g/mol. The molecule has 0 aliphatic carbocycles. The first-order valence-electron chi connectivity index (χ1n) is 7.85. The number of rotatable bonds is 4. The van der Waals surface area contributed by atoms with E-state index >= 15 is 0 Å². The van der Waals surface area contributed by atoms with Gasteiger partial charge in [-0.1, -0.05) is 16.8 Å². The molecule has 7 heteroatoms. The van der Waals surface area contributed by atoms with Crippen molar-refractivity contribution in [3.63, 3.8) is 0 Å². The van der Waals surface area contributed by atoms with E-state index in [0.717, 1.165) is 28.5 Å². The summed E-state index contributed by atoms with van der Waals surface area (Å²) >= 11 is 6.07. The van der Waals surface area contributed by atoms with Gasteiger partial charge in [-0.2, -0.15) is 0 Å². The van der Waals surface area contributed by atoms with Crippen LogP contribution in [0.25, 0.3) is 0 Å². The minimum Gasteiger partial charge on any atom is -0.490 e. The van der Waals surface area contributed by atoms with Crippen LogP contribution >= 0.6 is 11.6 Å². The van der Waals surface area contributed by atoms with Crippen LogP contribution in [0.1, 0.15) is 30.0 Å². The van der Waals surface area contributed by atoms with Crippen molar-refractivity contribution in [2.24, 2.45) is 0 Å². The molecular formula is C17H20ClN3O3. The largest absolute Gasteiger partial charge is 0.490 e. The zero-order chi connectivity index (χ0) is 17.3. The Morgan fingerprint density at radius 2 is 2.25 bits per heavy atom. The van der Waals surface area contributed by atoms with Crippen molar-refractivity contribution >= 4 is 23.2 Å². The number of ether oxygens (including phenoxy) is 1. The van der Waals surface area contributed by atoms with Crippen molar-refractivity contribution in [3.8, 4) is 5.75 Å². The zero-order valence-corrected chi connectivity index (χ0v) is 14.7. The van der Waals surface area contributed by atoms with Gasteiger partial charge in [0.25, 0.3) is 0 Å². The molecule has 0 fully saturated rings. The molecule has 0 saturated carbocycles. The van der Waals surface area contributed by atoms with Crippen molar-refractivity contribution in [2.45, 2.75) is 26.8 Å². The second-order valence-corrected chi connectivity index (χ2v) is 6.35. The molecule has 2 heterocycles. The van der Waals surface area contributed by atoms with Crippen LogP contribution in [0.2, 0.25) is 5.02 Å². The third kappa shape index (κ3) is 3.33. The van der Waals surface area contributed by atoms with E-state index in [0.29, 0.717) is 18.2 Å². The predicted octanol–water partition coefficient (Wildman–Crippen LogP) is 3.02. The third-order valence-corrected chi connectivity index (χ3v) is 4.35. The number of carbonyl (C=O) groups is 1. The normalized spacial score (nSPS) is 14.8. The van der Waals surface area contributed by atoms with Crippen LogP contribution in [-0.4, -0.2) is 30.8 Å². The van der Waals surface area contributed by atoms with Crippen LogP contribution in [0.15, 0.2) is 22.7 Å². The van der Waals surface area contributed by atoms with Crippen molar-refractivity contribution in [1.82, 2.24) is 10.5 Å². The van der Waals surface area contributed by atoms with Crippen molar-refractivity contribution in [1.29, 1.82) is 0 Å². The minimum absolute atomic E-state index is 0.0738. The number of nitrogens with zero attached hydrogens (tertiary/aromatic N) is 2. The second-order valence-electron chi connectivity index (χ2n) is 5.91. The molecule has 1 aliphatic heterocycles. The molecule has 1 aromatic carbocycles. The molecule has 2 aromatic rings. The zero-order valence-electron chi connectivity index (χ0n) is 13.9. The predicted molar refractivity (Wildman–Crippen MR) is 91.7 cm³/mol. The first-order valence-corrected chi connectivity index (χ1v) is 8.23. The molecule has 0 radical (unpaired) electrons. The van der Waals surface area contributed by atoms with Gasteiger partial charge in [-0.3, -0.25) is 4.79 Å². The molecule has 1 aliphatic rings. The SMILES string of the molecule is Cc1noc(C)c1[C@@H](C)NC(=O)CN1CCOc2ccc(Cl)cc21. The summed E-state index contributed by atoms with van der Waals surface area (Å²) < 4.78 is 10.8. The van der Waals surface area contributed by atoms with Crippen molar-refractivity contribution < 1.29 is 14.1 Å². The first kappa shape index (κ1) is 16.6. The number of aromatic nitrogens is 1. The maximum absolute atomic E-state index is 12.5. The van der Waals surface area contributed by atoms with Crippen molar-refractivity contribution in [3.05, 3.63) is 40.2 Å². The van der Waals surface area contributed by atoms with E-state index in [4.69, 9.17) is 20.9 Å². The van der Waals surface area contributed by atoms with Crippen LogP contribution in [0.3, 0.4) is 0 Å². The summed E-state index contributed by atoms with van der Waals surface area (Å²) in [6.07, 6.45) is 0. The maximum atomic E-state index is 12.5. The molecule has 0 saturated heterocycles. The van der Waals surface area contributed by atoms with Crippen LogP contribution in [0.4, 0.5) is 5.69 Å². The lowest BCUT2D eigenvalue weighted by atomic mass is 10.1. The molecule has 1 atom stereocenters. The molecular weight excluding hydrogens is 330 g/mol. The van der Waals surface area contributed by atoms with E-state index < -0.39 is 0 Å². The fourth-order valence-corrected chi connectivity index (χ4v) is 3.22. The topological polar surface area (TPSA) is 67.6 Å². The summed E-state index contributed by atoms with van der Waals surface area (Å²) in [4.78, 5) is 14.4. The van der Waals surface area contributed by atoms with Gasteiger partial charge >= 0.3 is 0 Å². The van der Waals surface area contributed by atoms with Crippen LogP contribution in [0, 0.1) is 13.8 Å². The molecule has 6 nitrogen and oxygen atoms in total. The summed E-state index contributed by atoms with van der Waals surface area (Å²) in [5.74, 6) is 1.40. The quantitative estimate of drug-likeness (QED) is 0.919. The number of fused-ring (bicyclic) bond motifs is 1. The molecule has 0 spiro atoms. The summed E-state index contributed by atoms with van der Waals surface area (Å²) in [6, 6.07) is 5.27. The van der Waals surface area contributed by atoms with Crippen molar-refractivity contribution in [2.75, 3.05) is 24.6 Å². The molecule has 1 amide bonds. The first-order chi connectivity index (χ1) is 11.5. The Morgan fingerprint density at radius 1 is 1.46 bits per heavy atom. The highest BCUT2D eigenvalue weighted by Crippen LogP contribution is 2.33. The van der Waals surface area contributed by atoms with E-state index in [1.54, 1.807) is 6.07 Å². The second kappa shape index (κ2) is 6.73. The third-order valence-electron chi connectivity index (χ3n) is 4.11. The summed E-state index contributed by atoms with van der Waals surface area (Å²) in [5, 5.41) is 7.55. The van der Waals surface area contributed by atoms with Gasteiger partial charge in [-0.05, 0) is 39.0 Å². The van der Waals surface area contributed by atoms with Crippen LogP contribution in [0.5, 0.6) is 5.75 Å². The fourth-order valence-electron chi connectivity index (χ4n) is 3.05. The van der Waals surface area contributed by atoms with Gasteiger partial charge in [0.05, 0.1) is 30.5 Å². The highest BCUT2D eigenvalue weighted by atomic mass is 35.5. The van der Waals surface area contributed by atoms with Gasteiger partial charge in [0.2, 0.25) is 5.91 Å². The monoisotopic (exact) mass is 349 g/mol. The average Bonchev–Trinajstić information content (AvgIpc) is 2.86. The number of hydrogen-bond acceptors (Lipinski definition) is 5. The number of carbonyl (C=O) groups excluding carboxylic acids is 1. The number of benzene rings is 1. The van der Waals surface area contributed by atoms with E-state index in [1.165, 1.54) is 0 Å². The number of halogens is 1. The maximum Gasteiger partial charge on any atom is 0.239 e. The molecule has 3 rings (SSSR count). The Kier molecular flexibility index (Phi) is 4.66. The highest BCUT2D eigenvalue weighted by Gasteiger charge is 2.23. The lowest BCUT2D eigenvalue weighted by Crippen LogP contribution is -2.42. The van der Waals surface area contributed by atoms with Gasteiger partial charge in [-0.15, -0.1) is 0 Å². The van der Waals surface area contributed by atoms with Crippen LogP contribution < -0.4 is 15.0 Å². The number of aryl methyl sites for hydroxylation is 2. The molecule has 24 heavy (non-hydrogen) atoms. The Hall–Kier alpha value is -2.21. The van der Waals surface area contributed by atoms with Gasteiger partial charge in [0.1, 0.15) is 18.1 Å². The van der Waals surface area contributed by atoms with E-state index in [2.05, 4.69) is 10.5 Å². The molecule has 128 valence electrons. The minimum atomic E-state index is -0.163. The lowest BCUT2D eigenvalue weighted by molar-refractivity contribution is -0.120. The number of amides is 1. The van der Waals surface area contributed by atoms with Gasteiger partial charge in [-0.25, -0.2) is 0 Å². The fraction of sp³-hybridized carbons (Fsp3) is 0.412. The molecule has 0 bridgehead atoms. The van der Waals surface area contributed by atoms with Gasteiger partial charge in [0.15, 0.2) is 0 Å². The summed E-state index contributed by atoms with van der Waals surface area (Å²) in [5.41, 5.74) is 2.56. The molecule has 1 aromatic heterocycles. The Labute approximate surface area is 145 Å². The summed E-state index contributed by atoms with van der Waals surface area (Å²) in [6.45, 7) is 7.06. The Bertz CT molecular complexity index is 740. The number of anilines is 1. The van der Waals surface area contributed by atoms with E-state index in [1.807, 2.05) is 37.8 Å². The summed E-state index contributed by atoms with van der Waals surface area (Å²) in [7, 11) is 0. The van der Waals surface area contributed by atoms with E-state index in [9.17, 15) is 4.79 Å². The molecule has 0 unspecified atom stereocenters. The standard InChI is InChI=1S/C17H20ClN3O3/c1-10(17-11(2)20-24-12(17)3)19-16(22)9-21-6-7-23-15-5-4-13(18)8-14(15)21/h4-5,8,10H,6-7,9H2,1-3H3,(H,19,22)/t10-/m1/s1. The van der Waals surface area contributed by atoms with Gasteiger partial charge < -0.3 is 19.5 Å². The van der Waals surface area contributed by atoms with Crippen LogP contribution in [-0.2, 0) is 4.79 Å². The van der Waals surface area contributed by atoms with Gasteiger partial charge in [0, 0.05) is 10.6 Å². The number of hydrogen-bond donors (Lipinski definition) is 1. The lowest BCUT2D eigenvalue weighted by Gasteiger charge is -2.31. The Balaban J connectivity index is 1.69. The highest BCUT2D eigenvalue weighted by molar-refractivity contribution is 6.31. The Morgan fingerprint density at radius 3 is 2.96 bits per heavy atom. The smallest absolute Gasteiger partial charge is 0.239 e.